The molecule has 1 fully saturated rings. The minimum Gasteiger partial charge on any atom is -0.385 e. The molecule has 1 atom stereocenters. The Morgan fingerprint density at radius 3 is 2.56 bits per heavy atom. The minimum absolute atomic E-state index is 0.417. The second-order valence-electron chi connectivity index (χ2n) is 4.28. The quantitative estimate of drug-likeness (QED) is 0.844. The Hall–Kier alpha value is -1.00. The summed E-state index contributed by atoms with van der Waals surface area (Å²) in [4.78, 5) is 7.88. The first-order valence-corrected chi connectivity index (χ1v) is 5.85. The van der Waals surface area contributed by atoms with Crippen molar-refractivity contribution < 1.29 is 9.84 Å². The minimum atomic E-state index is -0.615. The predicted molar refractivity (Wildman–Crippen MR) is 59.8 cm³/mol. The van der Waals surface area contributed by atoms with E-state index >= 15 is 0 Å². The molecule has 16 heavy (non-hydrogen) atoms. The molecule has 4 heteroatoms. The van der Waals surface area contributed by atoms with Gasteiger partial charge in [0.05, 0.1) is 5.60 Å². The Morgan fingerprint density at radius 1 is 1.38 bits per heavy atom. The molecule has 1 aromatic heterocycles. The van der Waals surface area contributed by atoms with Crippen LogP contribution in [0.5, 0.6) is 0 Å². The van der Waals surface area contributed by atoms with Gasteiger partial charge in [-0.2, -0.15) is 0 Å². The fourth-order valence-electron chi connectivity index (χ4n) is 2.51. The van der Waals surface area contributed by atoms with Gasteiger partial charge in [0.15, 0.2) is 0 Å². The van der Waals surface area contributed by atoms with E-state index in [0.29, 0.717) is 6.61 Å². The monoisotopic (exact) mass is 222 g/mol. The molecule has 0 bridgehead atoms. The molecule has 1 N–H and O–H groups in total. The Kier molecular flexibility index (Phi) is 3.51. The highest BCUT2D eigenvalue weighted by atomic mass is 16.5. The summed E-state index contributed by atoms with van der Waals surface area (Å²) < 4.78 is 5.80. The molecular weight excluding hydrogens is 204 g/mol. The van der Waals surface area contributed by atoms with Gasteiger partial charge in [-0.3, -0.25) is 0 Å². The topological polar surface area (TPSA) is 55.2 Å². The molecule has 1 aliphatic rings. The Balaban J connectivity index is 2.20. The van der Waals surface area contributed by atoms with E-state index in [2.05, 4.69) is 9.97 Å². The second kappa shape index (κ2) is 4.89. The SMILES string of the molecule is CCOC1(C(O)c2cncnc2)CCCC1. The molecule has 1 aliphatic carbocycles. The summed E-state index contributed by atoms with van der Waals surface area (Å²) in [5.74, 6) is 0. The molecule has 1 aromatic rings. The van der Waals surface area contributed by atoms with Crippen LogP contribution >= 0.6 is 0 Å². The van der Waals surface area contributed by atoms with E-state index in [0.717, 1.165) is 31.2 Å². The number of aromatic nitrogens is 2. The van der Waals surface area contributed by atoms with Crippen LogP contribution < -0.4 is 0 Å². The Morgan fingerprint density at radius 2 is 2.00 bits per heavy atom. The number of aliphatic hydroxyl groups excluding tert-OH is 1. The van der Waals surface area contributed by atoms with Crippen LogP contribution in [0.3, 0.4) is 0 Å². The molecule has 0 aromatic carbocycles. The van der Waals surface area contributed by atoms with Gasteiger partial charge in [-0.25, -0.2) is 9.97 Å². The second-order valence-corrected chi connectivity index (χ2v) is 4.28. The van der Waals surface area contributed by atoms with Gasteiger partial charge in [-0.15, -0.1) is 0 Å². The molecule has 88 valence electrons. The lowest BCUT2D eigenvalue weighted by atomic mass is 9.90. The van der Waals surface area contributed by atoms with Crippen LogP contribution in [0.1, 0.15) is 44.3 Å². The smallest absolute Gasteiger partial charge is 0.115 e. The van der Waals surface area contributed by atoms with E-state index < -0.39 is 11.7 Å². The highest BCUT2D eigenvalue weighted by molar-refractivity contribution is 5.13. The van der Waals surface area contributed by atoms with E-state index in [1.165, 1.54) is 6.33 Å². The summed E-state index contributed by atoms with van der Waals surface area (Å²) in [6, 6.07) is 0. The normalized spacial score (nSPS) is 20.9. The van der Waals surface area contributed by atoms with Crippen molar-refractivity contribution in [2.24, 2.45) is 0 Å². The van der Waals surface area contributed by atoms with Crippen molar-refractivity contribution in [1.29, 1.82) is 0 Å². The van der Waals surface area contributed by atoms with Crippen molar-refractivity contribution in [3.8, 4) is 0 Å². The van der Waals surface area contributed by atoms with Gasteiger partial charge in [0.2, 0.25) is 0 Å². The largest absolute Gasteiger partial charge is 0.385 e. The van der Waals surface area contributed by atoms with Gasteiger partial charge in [-0.1, -0.05) is 12.8 Å². The third-order valence-electron chi connectivity index (χ3n) is 3.28. The molecule has 1 saturated carbocycles. The molecule has 0 spiro atoms. The number of rotatable bonds is 4. The molecule has 0 radical (unpaired) electrons. The van der Waals surface area contributed by atoms with Crippen molar-refractivity contribution in [2.75, 3.05) is 6.61 Å². The molecule has 0 aliphatic heterocycles. The van der Waals surface area contributed by atoms with Crippen molar-refractivity contribution in [2.45, 2.75) is 44.3 Å². The fourth-order valence-corrected chi connectivity index (χ4v) is 2.51. The third-order valence-corrected chi connectivity index (χ3v) is 3.28. The van der Waals surface area contributed by atoms with E-state index in [4.69, 9.17) is 4.74 Å². The zero-order valence-corrected chi connectivity index (χ0v) is 9.59. The van der Waals surface area contributed by atoms with E-state index in [1.807, 2.05) is 6.92 Å². The summed E-state index contributed by atoms with van der Waals surface area (Å²) in [5.41, 5.74) is 0.331. The first kappa shape index (κ1) is 11.5. The maximum absolute atomic E-state index is 10.4. The molecule has 4 nitrogen and oxygen atoms in total. The van der Waals surface area contributed by atoms with Crippen LogP contribution in [0.2, 0.25) is 0 Å². The van der Waals surface area contributed by atoms with Crippen molar-refractivity contribution >= 4 is 0 Å². The van der Waals surface area contributed by atoms with Crippen molar-refractivity contribution in [3.05, 3.63) is 24.3 Å². The van der Waals surface area contributed by atoms with Crippen LogP contribution in [-0.2, 0) is 4.74 Å². The number of hydrogen-bond acceptors (Lipinski definition) is 4. The van der Waals surface area contributed by atoms with Gasteiger partial charge in [0, 0.05) is 24.6 Å². The standard InChI is InChI=1S/C12H18N2O2/c1-2-16-12(5-3-4-6-12)11(15)10-7-13-9-14-8-10/h7-9,11,15H,2-6H2,1H3. The van der Waals surface area contributed by atoms with Crippen LogP contribution in [0.4, 0.5) is 0 Å². The number of ether oxygens (including phenoxy) is 1. The summed E-state index contributed by atoms with van der Waals surface area (Å²) in [7, 11) is 0. The molecule has 0 amide bonds. The zero-order valence-electron chi connectivity index (χ0n) is 9.59. The van der Waals surface area contributed by atoms with Crippen LogP contribution in [-0.4, -0.2) is 27.3 Å². The summed E-state index contributed by atoms with van der Waals surface area (Å²) >= 11 is 0. The zero-order chi connectivity index (χ0) is 11.4. The van der Waals surface area contributed by atoms with E-state index in [1.54, 1.807) is 12.4 Å². The Labute approximate surface area is 95.7 Å². The average molecular weight is 222 g/mol. The first-order valence-electron chi connectivity index (χ1n) is 5.85. The molecule has 1 heterocycles. The van der Waals surface area contributed by atoms with Crippen molar-refractivity contribution in [3.63, 3.8) is 0 Å². The predicted octanol–water partition coefficient (Wildman–Crippen LogP) is 1.86. The highest BCUT2D eigenvalue weighted by Gasteiger charge is 2.42. The van der Waals surface area contributed by atoms with Crippen LogP contribution in [0.15, 0.2) is 18.7 Å². The lowest BCUT2D eigenvalue weighted by molar-refractivity contribution is -0.118. The maximum atomic E-state index is 10.4. The fraction of sp³-hybridized carbons (Fsp3) is 0.667. The van der Waals surface area contributed by atoms with Gasteiger partial charge in [-0.05, 0) is 19.8 Å². The maximum Gasteiger partial charge on any atom is 0.115 e. The van der Waals surface area contributed by atoms with Gasteiger partial charge < -0.3 is 9.84 Å². The van der Waals surface area contributed by atoms with Crippen LogP contribution in [0, 0.1) is 0 Å². The molecular formula is C12H18N2O2. The van der Waals surface area contributed by atoms with E-state index in [9.17, 15) is 5.11 Å². The van der Waals surface area contributed by atoms with Gasteiger partial charge >= 0.3 is 0 Å². The lowest BCUT2D eigenvalue weighted by Crippen LogP contribution is -2.36. The number of aliphatic hydroxyl groups is 1. The van der Waals surface area contributed by atoms with Crippen molar-refractivity contribution in [1.82, 2.24) is 9.97 Å². The average Bonchev–Trinajstić information content (AvgIpc) is 2.80. The van der Waals surface area contributed by atoms with E-state index in [-0.39, 0.29) is 0 Å². The molecule has 0 saturated heterocycles. The lowest BCUT2D eigenvalue weighted by Gasteiger charge is -2.33. The van der Waals surface area contributed by atoms with Gasteiger partial charge in [0.25, 0.3) is 0 Å². The first-order chi connectivity index (χ1) is 7.78. The Bertz CT molecular complexity index is 323. The van der Waals surface area contributed by atoms with Crippen LogP contribution in [0.25, 0.3) is 0 Å². The number of nitrogens with zero attached hydrogens (tertiary/aromatic N) is 2. The molecule has 1 unspecified atom stereocenters. The summed E-state index contributed by atoms with van der Waals surface area (Å²) in [6.07, 6.45) is 8.24. The van der Waals surface area contributed by atoms with Gasteiger partial charge in [0.1, 0.15) is 12.4 Å². The highest BCUT2D eigenvalue weighted by Crippen LogP contribution is 2.42. The summed E-state index contributed by atoms with van der Waals surface area (Å²) in [6.45, 7) is 2.60. The third kappa shape index (κ3) is 2.08. The molecule has 2 rings (SSSR count). The number of hydrogen-bond donors (Lipinski definition) is 1. The summed E-state index contributed by atoms with van der Waals surface area (Å²) in [5, 5.41) is 10.4.